The van der Waals surface area contributed by atoms with Crippen molar-refractivity contribution >= 4 is 20.2 Å². The van der Waals surface area contributed by atoms with E-state index in [1.807, 2.05) is 0 Å². The predicted octanol–water partition coefficient (Wildman–Crippen LogP) is -5.50. The summed E-state index contributed by atoms with van der Waals surface area (Å²) in [5.74, 6) is -4.03. The first-order valence-electron chi connectivity index (χ1n) is 4.93. The van der Waals surface area contributed by atoms with Crippen molar-refractivity contribution in [3.8, 4) is 0 Å². The zero-order valence-electron chi connectivity index (χ0n) is 9.93. The van der Waals surface area contributed by atoms with Crippen molar-refractivity contribution in [2.24, 2.45) is 5.73 Å². The first-order chi connectivity index (χ1) is 9.08. The Labute approximate surface area is 117 Å². The van der Waals surface area contributed by atoms with E-state index in [2.05, 4.69) is 4.74 Å². The summed E-state index contributed by atoms with van der Waals surface area (Å²) in [5.41, 5.74) is 4.83. The van der Waals surface area contributed by atoms with Crippen LogP contribution in [0.1, 0.15) is 0 Å². The molecule has 1 aliphatic rings. The Bertz CT molecular complexity index is 626. The van der Waals surface area contributed by atoms with Gasteiger partial charge < -0.3 is 30.3 Å². The number of nitrogens with two attached hydrogens (primary N) is 1. The largest absolute Gasteiger partial charge is 0.392 e. The number of ether oxygens (including phenoxy) is 1. The summed E-state index contributed by atoms with van der Waals surface area (Å²) in [6.45, 7) is -1.80. The molecule has 9 N–H and O–H groups in total. The molecule has 0 radical (unpaired) electrons. The number of hydrogen-bond donors (Lipinski definition) is 8. The topological polar surface area (TPSA) is 245 Å². The molecule has 1 aliphatic heterocycles. The van der Waals surface area contributed by atoms with Gasteiger partial charge >= 0.3 is 20.2 Å². The van der Waals surface area contributed by atoms with Crippen LogP contribution in [0, 0.1) is 0 Å². The van der Waals surface area contributed by atoms with E-state index in [1.165, 1.54) is 0 Å². The second-order valence-corrected chi connectivity index (χ2v) is 7.52. The second-order valence-electron chi connectivity index (χ2n) is 4.30. The Balaban J connectivity index is 3.67. The highest BCUT2D eigenvalue weighted by molar-refractivity contribution is 7.87. The van der Waals surface area contributed by atoms with Crippen LogP contribution in [-0.2, 0) is 25.0 Å². The lowest BCUT2D eigenvalue weighted by atomic mass is 9.95. The molecular weight excluding hydrogens is 342 g/mol. The van der Waals surface area contributed by atoms with Crippen molar-refractivity contribution in [1.29, 1.82) is 0 Å². The standard InChI is InChI=1S/C6H13NO12S2/c7-6(12)5(11,21(16,17)18)3(10)2(9)4(1-8,19-6)20(13,14)15/h2-3,8-12H,1,7H2,(H,13,14,15)(H,16,17,18)/t2-,3+,4+,5-,6+/m1/s1. The fraction of sp³-hybridized carbons (Fsp3) is 1.00. The molecule has 1 rings (SSSR count). The van der Waals surface area contributed by atoms with Crippen molar-refractivity contribution in [1.82, 2.24) is 0 Å². The summed E-state index contributed by atoms with van der Waals surface area (Å²) in [6, 6.07) is 0. The first kappa shape index (κ1) is 18.6. The van der Waals surface area contributed by atoms with Crippen molar-refractivity contribution in [2.45, 2.75) is 28.0 Å². The molecule has 0 amide bonds. The molecule has 1 heterocycles. The van der Waals surface area contributed by atoms with E-state index < -0.39 is 54.8 Å². The quantitative estimate of drug-likeness (QED) is 0.174. The zero-order chi connectivity index (χ0) is 17.1. The fourth-order valence-corrected chi connectivity index (χ4v) is 3.49. The first-order valence-corrected chi connectivity index (χ1v) is 7.81. The third-order valence-corrected chi connectivity index (χ3v) is 5.69. The van der Waals surface area contributed by atoms with Gasteiger partial charge in [0, 0.05) is 0 Å². The van der Waals surface area contributed by atoms with Crippen molar-refractivity contribution in [2.75, 3.05) is 6.61 Å². The molecule has 0 aromatic rings. The van der Waals surface area contributed by atoms with Gasteiger partial charge in [0.2, 0.25) is 4.93 Å². The molecule has 0 aromatic heterocycles. The maximum atomic E-state index is 11.2. The van der Waals surface area contributed by atoms with Crippen LogP contribution >= 0.6 is 0 Å². The van der Waals surface area contributed by atoms with Gasteiger partial charge in [0.15, 0.2) is 0 Å². The lowest BCUT2D eigenvalue weighted by Gasteiger charge is -2.52. The minimum absolute atomic E-state index is 1.80. The molecule has 0 spiro atoms. The zero-order valence-corrected chi connectivity index (χ0v) is 11.6. The Kier molecular flexibility index (Phi) is 4.22. The van der Waals surface area contributed by atoms with Crippen LogP contribution in [0.3, 0.4) is 0 Å². The van der Waals surface area contributed by atoms with Crippen molar-refractivity contribution in [3.63, 3.8) is 0 Å². The van der Waals surface area contributed by atoms with Crippen LogP contribution in [0.4, 0.5) is 0 Å². The van der Waals surface area contributed by atoms with Gasteiger partial charge in [-0.05, 0) is 0 Å². The van der Waals surface area contributed by atoms with Crippen LogP contribution in [0.25, 0.3) is 0 Å². The average Bonchev–Trinajstić information content (AvgIpc) is 2.28. The minimum atomic E-state index is -5.83. The monoisotopic (exact) mass is 355 g/mol. The summed E-state index contributed by atoms with van der Waals surface area (Å²) >= 11 is 0. The Morgan fingerprint density at radius 3 is 1.71 bits per heavy atom. The highest BCUT2D eigenvalue weighted by Gasteiger charge is 2.76. The molecule has 15 heteroatoms. The van der Waals surface area contributed by atoms with Gasteiger partial charge in [-0.15, -0.1) is 0 Å². The Morgan fingerprint density at radius 2 is 1.43 bits per heavy atom. The lowest BCUT2D eigenvalue weighted by molar-refractivity contribution is -0.374. The van der Waals surface area contributed by atoms with Gasteiger partial charge in [-0.25, -0.2) is 0 Å². The molecule has 0 aliphatic carbocycles. The van der Waals surface area contributed by atoms with Gasteiger partial charge in [0.1, 0.15) is 12.2 Å². The van der Waals surface area contributed by atoms with Crippen molar-refractivity contribution in [3.05, 3.63) is 0 Å². The third kappa shape index (κ3) is 2.26. The summed E-state index contributed by atoms with van der Waals surface area (Å²) in [4.78, 5) is -7.75. The van der Waals surface area contributed by atoms with E-state index >= 15 is 0 Å². The Hall–Kier alpha value is -0.460. The highest BCUT2D eigenvalue weighted by atomic mass is 32.2. The molecule has 0 saturated carbocycles. The molecule has 5 atom stereocenters. The molecule has 0 unspecified atom stereocenters. The van der Waals surface area contributed by atoms with Crippen molar-refractivity contribution < 1.29 is 56.2 Å². The van der Waals surface area contributed by atoms with E-state index in [-0.39, 0.29) is 0 Å². The fourth-order valence-electron chi connectivity index (χ4n) is 1.81. The second kappa shape index (κ2) is 4.77. The molecule has 21 heavy (non-hydrogen) atoms. The Morgan fingerprint density at radius 1 is 1.00 bits per heavy atom. The number of aliphatic hydroxyl groups is 5. The highest BCUT2D eigenvalue weighted by Crippen LogP contribution is 2.43. The maximum absolute atomic E-state index is 11.2. The molecular formula is C6H13NO12S2. The van der Waals surface area contributed by atoms with E-state index in [1.54, 1.807) is 0 Å². The predicted molar refractivity (Wildman–Crippen MR) is 60.1 cm³/mol. The van der Waals surface area contributed by atoms with Crippen LogP contribution in [0.5, 0.6) is 0 Å². The van der Waals surface area contributed by atoms with Gasteiger partial charge in [-0.2, -0.15) is 16.8 Å². The van der Waals surface area contributed by atoms with Gasteiger partial charge in [-0.1, -0.05) is 0 Å². The van der Waals surface area contributed by atoms with E-state index in [9.17, 15) is 37.3 Å². The lowest BCUT2D eigenvalue weighted by Crippen LogP contribution is -2.83. The van der Waals surface area contributed by atoms with Gasteiger partial charge in [0.05, 0.1) is 6.61 Å². The molecule has 126 valence electrons. The number of hydrogen-bond acceptors (Lipinski definition) is 11. The molecule has 1 fully saturated rings. The molecule has 1 saturated heterocycles. The summed E-state index contributed by atoms with van der Waals surface area (Å²) in [7, 11) is -11.4. The van der Waals surface area contributed by atoms with Crippen LogP contribution in [0.15, 0.2) is 0 Å². The van der Waals surface area contributed by atoms with Crippen LogP contribution in [0.2, 0.25) is 0 Å². The molecule has 0 aromatic carbocycles. The average molecular weight is 355 g/mol. The van der Waals surface area contributed by atoms with E-state index in [0.717, 1.165) is 0 Å². The SMILES string of the molecule is N[C@@]1(O)O[C@@](CO)(S(=O)(=O)O)[C@H](O)[C@H](O)[C@@]1(O)S(=O)(=O)O. The smallest absolute Gasteiger partial charge is 0.305 e. The van der Waals surface area contributed by atoms with Gasteiger partial charge in [0.25, 0.3) is 10.8 Å². The maximum Gasteiger partial charge on any atom is 0.305 e. The van der Waals surface area contributed by atoms with Crippen LogP contribution in [-0.4, -0.2) is 86.1 Å². The van der Waals surface area contributed by atoms with Crippen LogP contribution < -0.4 is 5.73 Å². The third-order valence-electron chi connectivity index (χ3n) is 3.04. The number of rotatable bonds is 3. The molecule has 13 nitrogen and oxygen atoms in total. The molecule has 0 bridgehead atoms. The van der Waals surface area contributed by atoms with E-state index in [4.69, 9.17) is 19.9 Å². The summed E-state index contributed by atoms with van der Waals surface area (Å²) in [5, 5.41) is 47.3. The summed E-state index contributed by atoms with van der Waals surface area (Å²) in [6.07, 6.45) is -6.21. The summed E-state index contributed by atoms with van der Waals surface area (Å²) < 4.78 is 66.3. The van der Waals surface area contributed by atoms with E-state index in [0.29, 0.717) is 0 Å². The minimum Gasteiger partial charge on any atom is -0.392 e. The number of aliphatic hydroxyl groups excluding tert-OH is 3. The normalized spacial score (nSPS) is 45.5. The van der Waals surface area contributed by atoms with Gasteiger partial charge in [-0.3, -0.25) is 14.8 Å².